The van der Waals surface area contributed by atoms with E-state index in [1.165, 1.54) is 11.6 Å². The van der Waals surface area contributed by atoms with Crippen molar-refractivity contribution < 1.29 is 9.90 Å². The number of benzene rings is 1. The minimum atomic E-state index is -1.07. The summed E-state index contributed by atoms with van der Waals surface area (Å²) in [5.41, 5.74) is 3.14. The van der Waals surface area contributed by atoms with Crippen LogP contribution in [0.4, 0.5) is 0 Å². The number of hydrogen-bond donors (Lipinski definition) is 2. The second-order valence-corrected chi connectivity index (χ2v) is 5.17. The fourth-order valence-electron chi connectivity index (χ4n) is 2.35. The maximum absolute atomic E-state index is 10.9. The summed E-state index contributed by atoms with van der Waals surface area (Å²) in [5, 5.41) is 17.5. The van der Waals surface area contributed by atoms with E-state index in [1.54, 1.807) is 6.07 Å². The summed E-state index contributed by atoms with van der Waals surface area (Å²) in [6.45, 7) is 0. The first kappa shape index (κ1) is 14.7. The molecule has 6 nitrogen and oxygen atoms in total. The number of nitrogens with zero attached hydrogens (tertiary/aromatic N) is 3. The fraction of sp³-hybridized carbons (Fsp3) is 0.176. The monoisotopic (exact) mass is 306 g/mol. The third-order valence-corrected chi connectivity index (χ3v) is 3.55. The molecule has 3 rings (SSSR count). The molecule has 0 unspecified atom stereocenters. The van der Waals surface area contributed by atoms with Crippen LogP contribution in [0.1, 0.15) is 28.9 Å². The molecule has 2 heterocycles. The zero-order chi connectivity index (χ0) is 16.2. The molecule has 0 amide bonds. The van der Waals surface area contributed by atoms with Crippen molar-refractivity contribution >= 4 is 17.1 Å². The number of carbonyl (C=O) groups is 1. The summed E-state index contributed by atoms with van der Waals surface area (Å²) in [6, 6.07) is 13.2. The fourth-order valence-corrected chi connectivity index (χ4v) is 2.35. The molecule has 1 aromatic carbocycles. The molecule has 0 fully saturated rings. The average molecular weight is 306 g/mol. The van der Waals surface area contributed by atoms with Gasteiger partial charge in [-0.3, -0.25) is 0 Å². The Morgan fingerprint density at radius 2 is 1.96 bits per heavy atom. The molecule has 2 N–H and O–H groups in total. The quantitative estimate of drug-likeness (QED) is 0.705. The van der Waals surface area contributed by atoms with Gasteiger partial charge in [0.1, 0.15) is 5.82 Å². The van der Waals surface area contributed by atoms with E-state index >= 15 is 0 Å². The molecule has 6 heteroatoms. The van der Waals surface area contributed by atoms with E-state index in [4.69, 9.17) is 10.4 Å². The molecule has 23 heavy (non-hydrogen) atoms. The van der Waals surface area contributed by atoms with Crippen LogP contribution in [0, 0.1) is 11.3 Å². The van der Waals surface area contributed by atoms with E-state index in [0.717, 1.165) is 18.4 Å². The van der Waals surface area contributed by atoms with Crippen molar-refractivity contribution in [3.63, 3.8) is 0 Å². The van der Waals surface area contributed by atoms with Gasteiger partial charge in [-0.25, -0.2) is 14.8 Å². The normalized spacial score (nSPS) is 10.6. The summed E-state index contributed by atoms with van der Waals surface area (Å²) in [7, 11) is 0. The first-order chi connectivity index (χ1) is 11.2. The van der Waals surface area contributed by atoms with Gasteiger partial charge in [-0.15, -0.1) is 0 Å². The van der Waals surface area contributed by atoms with Crippen LogP contribution in [0.2, 0.25) is 0 Å². The third-order valence-electron chi connectivity index (χ3n) is 3.55. The summed E-state index contributed by atoms with van der Waals surface area (Å²) < 4.78 is 0. The highest BCUT2D eigenvalue weighted by molar-refractivity contribution is 5.88. The largest absolute Gasteiger partial charge is 0.477 e. The number of H-pyrrole nitrogens is 1. The van der Waals surface area contributed by atoms with Crippen LogP contribution in [0.3, 0.4) is 0 Å². The lowest BCUT2D eigenvalue weighted by atomic mass is 10.1. The highest BCUT2D eigenvalue weighted by atomic mass is 16.4. The lowest BCUT2D eigenvalue weighted by molar-refractivity contribution is 0.0691. The number of aromatic amines is 1. The summed E-state index contributed by atoms with van der Waals surface area (Å²) in [4.78, 5) is 22.5. The molecule has 3 aromatic rings. The van der Waals surface area contributed by atoms with Gasteiger partial charge in [0, 0.05) is 12.0 Å². The zero-order valence-electron chi connectivity index (χ0n) is 12.3. The Morgan fingerprint density at radius 3 is 2.65 bits per heavy atom. The van der Waals surface area contributed by atoms with Crippen LogP contribution in [-0.2, 0) is 6.42 Å². The maximum Gasteiger partial charge on any atom is 0.354 e. The van der Waals surface area contributed by atoms with Gasteiger partial charge in [0.25, 0.3) is 0 Å². The number of rotatable bonds is 5. The van der Waals surface area contributed by atoms with Gasteiger partial charge in [-0.1, -0.05) is 24.3 Å². The van der Waals surface area contributed by atoms with Crippen LogP contribution in [0.25, 0.3) is 22.6 Å². The summed E-state index contributed by atoms with van der Waals surface area (Å²) in [5.74, 6) is -0.420. The minimum absolute atomic E-state index is 0.0246. The Labute approximate surface area is 132 Å². The molecule has 0 aliphatic rings. The van der Waals surface area contributed by atoms with Crippen molar-refractivity contribution in [2.75, 3.05) is 0 Å². The Morgan fingerprint density at radius 1 is 1.17 bits per heavy atom. The molecular weight excluding hydrogens is 292 g/mol. The van der Waals surface area contributed by atoms with E-state index in [0.29, 0.717) is 23.4 Å². The molecule has 2 aromatic heterocycles. The van der Waals surface area contributed by atoms with Crippen molar-refractivity contribution in [1.29, 1.82) is 5.26 Å². The van der Waals surface area contributed by atoms with Gasteiger partial charge in [-0.05, 0) is 30.5 Å². The van der Waals surface area contributed by atoms with Gasteiger partial charge in [0.2, 0.25) is 0 Å². The summed E-state index contributed by atoms with van der Waals surface area (Å²) in [6.07, 6.45) is 2.28. The van der Waals surface area contributed by atoms with Crippen molar-refractivity contribution in [3.8, 4) is 17.5 Å². The first-order valence-corrected chi connectivity index (χ1v) is 7.23. The minimum Gasteiger partial charge on any atom is -0.477 e. The second-order valence-electron chi connectivity index (χ2n) is 5.17. The molecule has 114 valence electrons. The second kappa shape index (κ2) is 6.28. The van der Waals surface area contributed by atoms with E-state index in [1.807, 2.05) is 24.3 Å². The van der Waals surface area contributed by atoms with Crippen molar-refractivity contribution in [2.45, 2.75) is 19.3 Å². The van der Waals surface area contributed by atoms with Crippen molar-refractivity contribution in [3.05, 3.63) is 47.7 Å². The Hall–Kier alpha value is -3.20. The molecule has 0 aliphatic carbocycles. The molecule has 0 bridgehead atoms. The number of unbranched alkanes of at least 4 members (excludes halogenated alkanes) is 1. The maximum atomic E-state index is 10.9. The Bertz CT molecular complexity index is 891. The number of pyridine rings is 1. The van der Waals surface area contributed by atoms with Gasteiger partial charge in [-0.2, -0.15) is 5.26 Å². The number of carboxylic acids is 1. The molecule has 0 spiro atoms. The average Bonchev–Trinajstić information content (AvgIpc) is 2.98. The van der Waals surface area contributed by atoms with Gasteiger partial charge in [0.05, 0.1) is 11.6 Å². The van der Waals surface area contributed by atoms with Gasteiger partial charge >= 0.3 is 5.97 Å². The number of nitriles is 1. The van der Waals surface area contributed by atoms with Crippen molar-refractivity contribution in [2.24, 2.45) is 0 Å². The predicted octanol–water partition coefficient (Wildman–Crippen LogP) is 3.17. The van der Waals surface area contributed by atoms with E-state index in [9.17, 15) is 4.79 Å². The van der Waals surface area contributed by atoms with Crippen LogP contribution in [-0.4, -0.2) is 26.0 Å². The van der Waals surface area contributed by atoms with Gasteiger partial charge in [0.15, 0.2) is 11.3 Å². The highest BCUT2D eigenvalue weighted by Gasteiger charge is 2.10. The standard InChI is InChI=1S/C17H14N4O2/c18-10-2-1-3-11-4-6-12(7-5-11)15-19-13-8-9-14(17(22)23)20-16(13)21-15/h4-9H,1-3H2,(H,22,23)(H,19,20,21). The van der Waals surface area contributed by atoms with Crippen molar-refractivity contribution in [1.82, 2.24) is 15.0 Å². The first-order valence-electron chi connectivity index (χ1n) is 7.23. The highest BCUT2D eigenvalue weighted by Crippen LogP contribution is 2.20. The smallest absolute Gasteiger partial charge is 0.354 e. The number of hydrogen-bond acceptors (Lipinski definition) is 4. The Balaban J connectivity index is 1.85. The number of aryl methyl sites for hydroxylation is 1. The van der Waals surface area contributed by atoms with E-state index in [2.05, 4.69) is 21.0 Å². The zero-order valence-corrected chi connectivity index (χ0v) is 12.3. The number of fused-ring (bicyclic) bond motifs is 1. The topological polar surface area (TPSA) is 103 Å². The predicted molar refractivity (Wildman–Crippen MR) is 84.8 cm³/mol. The number of carboxylic acid groups (broad SMARTS) is 1. The molecule has 0 atom stereocenters. The van der Waals surface area contributed by atoms with Crippen LogP contribution < -0.4 is 0 Å². The number of imidazole rings is 1. The molecule has 0 aliphatic heterocycles. The SMILES string of the molecule is N#CCCCc1ccc(-c2nc3nc(C(=O)O)ccc3[nH]2)cc1. The number of aromatic nitrogens is 3. The Kier molecular flexibility index (Phi) is 4.02. The van der Waals surface area contributed by atoms with Crippen LogP contribution in [0.5, 0.6) is 0 Å². The van der Waals surface area contributed by atoms with Gasteiger partial charge < -0.3 is 10.1 Å². The lowest BCUT2D eigenvalue weighted by Gasteiger charge is -2.01. The lowest BCUT2D eigenvalue weighted by Crippen LogP contribution is -1.99. The molecular formula is C17H14N4O2. The summed E-state index contributed by atoms with van der Waals surface area (Å²) >= 11 is 0. The van der Waals surface area contributed by atoms with E-state index < -0.39 is 5.97 Å². The molecule has 0 saturated carbocycles. The number of nitrogens with one attached hydrogen (secondary N) is 1. The third kappa shape index (κ3) is 3.19. The molecule has 0 saturated heterocycles. The van der Waals surface area contributed by atoms with Crippen LogP contribution in [0.15, 0.2) is 36.4 Å². The number of aromatic carboxylic acids is 1. The van der Waals surface area contributed by atoms with E-state index in [-0.39, 0.29) is 5.69 Å². The molecule has 0 radical (unpaired) electrons. The van der Waals surface area contributed by atoms with Crippen LogP contribution >= 0.6 is 0 Å².